The van der Waals surface area contributed by atoms with Gasteiger partial charge < -0.3 is 10.2 Å². The third-order valence-corrected chi connectivity index (χ3v) is 4.53. The van der Waals surface area contributed by atoms with Crippen molar-refractivity contribution in [3.63, 3.8) is 0 Å². The van der Waals surface area contributed by atoms with Crippen LogP contribution in [0.1, 0.15) is 52.4 Å². The van der Waals surface area contributed by atoms with E-state index in [1.807, 2.05) is 0 Å². The molecule has 1 spiro atoms. The number of rotatable bonds is 5. The number of carbonyl (C=O) groups is 3. The van der Waals surface area contributed by atoms with Crippen molar-refractivity contribution in [3.05, 3.63) is 0 Å². The maximum absolute atomic E-state index is 12.3. The van der Waals surface area contributed by atoms with Crippen molar-refractivity contribution in [1.82, 2.24) is 15.5 Å². The van der Waals surface area contributed by atoms with E-state index in [0.29, 0.717) is 25.3 Å². The lowest BCUT2D eigenvalue weighted by Gasteiger charge is -2.40. The second-order valence-electron chi connectivity index (χ2n) is 6.28. The predicted molar refractivity (Wildman–Crippen MR) is 78.5 cm³/mol. The Morgan fingerprint density at radius 3 is 2.90 bits per heavy atom. The van der Waals surface area contributed by atoms with E-state index in [4.69, 9.17) is 0 Å². The molecule has 4 amide bonds. The fourth-order valence-corrected chi connectivity index (χ4v) is 3.40. The number of urea groups is 1. The van der Waals surface area contributed by atoms with Crippen LogP contribution < -0.4 is 10.6 Å². The summed E-state index contributed by atoms with van der Waals surface area (Å²) in [6.45, 7) is 4.73. The molecule has 2 rings (SSSR count). The highest BCUT2D eigenvalue weighted by molar-refractivity contribution is 6.08. The Kier molecular flexibility index (Phi) is 4.85. The monoisotopic (exact) mass is 295 g/mol. The number of unbranched alkanes of at least 4 members (excludes halogenated alkanes) is 1. The molecule has 1 aliphatic heterocycles. The topological polar surface area (TPSA) is 78.5 Å². The quantitative estimate of drug-likeness (QED) is 0.594. The Hall–Kier alpha value is -1.59. The zero-order chi connectivity index (χ0) is 15.5. The van der Waals surface area contributed by atoms with Gasteiger partial charge in [0.05, 0.1) is 0 Å². The van der Waals surface area contributed by atoms with Crippen LogP contribution in [0.15, 0.2) is 0 Å². The highest BCUT2D eigenvalue weighted by Gasteiger charge is 2.54. The average Bonchev–Trinajstić information content (AvgIpc) is 2.63. The van der Waals surface area contributed by atoms with Crippen LogP contribution in [0, 0.1) is 5.92 Å². The van der Waals surface area contributed by atoms with Gasteiger partial charge in [0.2, 0.25) is 5.91 Å². The van der Waals surface area contributed by atoms with Crippen LogP contribution in [0.3, 0.4) is 0 Å². The summed E-state index contributed by atoms with van der Waals surface area (Å²) >= 11 is 0. The molecule has 0 aromatic rings. The smallest absolute Gasteiger partial charge is 0.325 e. The molecule has 2 aliphatic rings. The van der Waals surface area contributed by atoms with Crippen molar-refractivity contribution in [2.45, 2.75) is 57.9 Å². The van der Waals surface area contributed by atoms with E-state index < -0.39 is 11.6 Å². The first-order valence-electron chi connectivity index (χ1n) is 7.89. The van der Waals surface area contributed by atoms with Crippen LogP contribution in [0.2, 0.25) is 0 Å². The van der Waals surface area contributed by atoms with Gasteiger partial charge in [-0.2, -0.15) is 0 Å². The second-order valence-corrected chi connectivity index (χ2v) is 6.28. The zero-order valence-electron chi connectivity index (χ0n) is 12.9. The van der Waals surface area contributed by atoms with Crippen LogP contribution >= 0.6 is 0 Å². The molecule has 6 heteroatoms. The Labute approximate surface area is 125 Å². The molecule has 1 heterocycles. The molecule has 118 valence electrons. The summed E-state index contributed by atoms with van der Waals surface area (Å²) in [5, 5.41) is 5.20. The van der Waals surface area contributed by atoms with Crippen LogP contribution in [0.5, 0.6) is 0 Å². The lowest BCUT2D eigenvalue weighted by molar-refractivity contribution is -0.131. The van der Waals surface area contributed by atoms with Crippen molar-refractivity contribution >= 4 is 17.8 Å². The van der Waals surface area contributed by atoms with Crippen LogP contribution in [0.4, 0.5) is 4.79 Å². The summed E-state index contributed by atoms with van der Waals surface area (Å²) < 4.78 is 0. The summed E-state index contributed by atoms with van der Waals surface area (Å²) in [5.41, 5.74) is -0.809. The van der Waals surface area contributed by atoms with Crippen molar-refractivity contribution < 1.29 is 14.4 Å². The fourth-order valence-electron chi connectivity index (χ4n) is 3.40. The van der Waals surface area contributed by atoms with E-state index in [-0.39, 0.29) is 18.4 Å². The average molecular weight is 295 g/mol. The number of nitrogens with one attached hydrogen (secondary N) is 2. The van der Waals surface area contributed by atoms with Crippen molar-refractivity contribution in [2.24, 2.45) is 5.92 Å². The Morgan fingerprint density at radius 2 is 2.24 bits per heavy atom. The summed E-state index contributed by atoms with van der Waals surface area (Å²) in [4.78, 5) is 37.7. The van der Waals surface area contributed by atoms with Crippen LogP contribution in [0.25, 0.3) is 0 Å². The molecule has 6 nitrogen and oxygen atoms in total. The Morgan fingerprint density at radius 1 is 1.48 bits per heavy atom. The number of carbonyl (C=O) groups excluding carboxylic acids is 3. The third-order valence-electron chi connectivity index (χ3n) is 4.53. The number of hydrogen-bond acceptors (Lipinski definition) is 3. The van der Waals surface area contributed by atoms with E-state index in [2.05, 4.69) is 24.5 Å². The SMILES string of the molecule is CCCCNC(=O)CN1C(=O)NC(=O)C12CCCC(C)C2. The molecule has 0 bridgehead atoms. The molecule has 2 N–H and O–H groups in total. The number of nitrogens with zero attached hydrogens (tertiary/aromatic N) is 1. The molecule has 0 aromatic heterocycles. The number of hydrogen-bond donors (Lipinski definition) is 2. The fraction of sp³-hybridized carbons (Fsp3) is 0.800. The van der Waals surface area contributed by atoms with Crippen molar-refractivity contribution in [3.8, 4) is 0 Å². The van der Waals surface area contributed by atoms with Gasteiger partial charge in [0, 0.05) is 6.54 Å². The van der Waals surface area contributed by atoms with Crippen molar-refractivity contribution in [2.75, 3.05) is 13.1 Å². The third kappa shape index (κ3) is 3.19. The molecule has 2 unspecified atom stereocenters. The minimum atomic E-state index is -0.809. The molecular weight excluding hydrogens is 270 g/mol. The largest absolute Gasteiger partial charge is 0.355 e. The maximum atomic E-state index is 12.3. The van der Waals surface area contributed by atoms with Gasteiger partial charge in [-0.15, -0.1) is 0 Å². The standard InChI is InChI=1S/C15H25N3O3/c1-3-4-8-16-12(19)10-18-14(21)17-13(20)15(18)7-5-6-11(2)9-15/h11H,3-10H2,1-2H3,(H,16,19)(H,17,20,21). The minimum absolute atomic E-state index is 0.0337. The molecule has 2 atom stereocenters. The molecule has 2 fully saturated rings. The molecule has 1 saturated heterocycles. The number of imide groups is 1. The summed E-state index contributed by atoms with van der Waals surface area (Å²) in [6, 6.07) is -0.431. The van der Waals surface area contributed by atoms with Gasteiger partial charge in [-0.05, 0) is 25.2 Å². The van der Waals surface area contributed by atoms with Gasteiger partial charge in [0.25, 0.3) is 5.91 Å². The molecule has 0 aromatic carbocycles. The summed E-state index contributed by atoms with van der Waals surface area (Å²) in [5.74, 6) is -0.0348. The summed E-state index contributed by atoms with van der Waals surface area (Å²) in [6.07, 6.45) is 5.20. The van der Waals surface area contributed by atoms with Gasteiger partial charge in [-0.25, -0.2) is 4.79 Å². The van der Waals surface area contributed by atoms with E-state index in [0.717, 1.165) is 25.7 Å². The summed E-state index contributed by atoms with van der Waals surface area (Å²) in [7, 11) is 0. The van der Waals surface area contributed by atoms with E-state index >= 15 is 0 Å². The first-order valence-corrected chi connectivity index (χ1v) is 7.89. The normalized spacial score (nSPS) is 28.9. The van der Waals surface area contributed by atoms with Gasteiger partial charge in [-0.1, -0.05) is 33.1 Å². The van der Waals surface area contributed by atoms with E-state index in [1.54, 1.807) is 0 Å². The van der Waals surface area contributed by atoms with Crippen LogP contribution in [-0.4, -0.2) is 41.4 Å². The minimum Gasteiger partial charge on any atom is -0.355 e. The highest BCUT2D eigenvalue weighted by atomic mass is 16.2. The zero-order valence-corrected chi connectivity index (χ0v) is 12.9. The van der Waals surface area contributed by atoms with Gasteiger partial charge in [0.15, 0.2) is 0 Å². The molecule has 1 saturated carbocycles. The molecule has 0 radical (unpaired) electrons. The number of amides is 4. The van der Waals surface area contributed by atoms with E-state index in [9.17, 15) is 14.4 Å². The second kappa shape index (κ2) is 6.45. The van der Waals surface area contributed by atoms with Gasteiger partial charge in [0.1, 0.15) is 12.1 Å². The van der Waals surface area contributed by atoms with E-state index in [1.165, 1.54) is 4.90 Å². The lowest BCUT2D eigenvalue weighted by Crippen LogP contribution is -2.55. The van der Waals surface area contributed by atoms with Crippen LogP contribution in [-0.2, 0) is 9.59 Å². The Bertz CT molecular complexity index is 438. The van der Waals surface area contributed by atoms with Gasteiger partial charge in [-0.3, -0.25) is 14.9 Å². The van der Waals surface area contributed by atoms with Crippen molar-refractivity contribution in [1.29, 1.82) is 0 Å². The first kappa shape index (κ1) is 15.8. The molecule has 1 aliphatic carbocycles. The molecule has 21 heavy (non-hydrogen) atoms. The maximum Gasteiger partial charge on any atom is 0.325 e. The first-order chi connectivity index (χ1) is 9.99. The molecular formula is C15H25N3O3. The highest BCUT2D eigenvalue weighted by Crippen LogP contribution is 2.39. The Balaban J connectivity index is 2.06. The van der Waals surface area contributed by atoms with Gasteiger partial charge >= 0.3 is 6.03 Å². The predicted octanol–water partition coefficient (Wildman–Crippen LogP) is 1.40. The lowest BCUT2D eigenvalue weighted by atomic mass is 9.75.